The van der Waals surface area contributed by atoms with Crippen molar-refractivity contribution < 1.29 is 17.9 Å². The summed E-state index contributed by atoms with van der Waals surface area (Å²) in [6.45, 7) is 4.27. The monoisotopic (exact) mass is 229 g/mol. The molecule has 0 aliphatic heterocycles. The van der Waals surface area contributed by atoms with Gasteiger partial charge in [-0.3, -0.25) is 0 Å². The molecule has 0 unspecified atom stereocenters. The Hall–Kier alpha value is -1.29. The average Bonchev–Trinajstić information content (AvgIpc) is 2.24. The van der Waals surface area contributed by atoms with Crippen LogP contribution in [0, 0.1) is 6.92 Å². The minimum Gasteiger partial charge on any atom is -0.377 e. The van der Waals surface area contributed by atoms with Crippen LogP contribution >= 0.6 is 0 Å². The van der Waals surface area contributed by atoms with E-state index in [4.69, 9.17) is 4.74 Å². The Bertz CT molecular complexity index is 338. The molecule has 0 spiro atoms. The van der Waals surface area contributed by atoms with E-state index in [1.807, 2.05) is 0 Å². The number of halogens is 3. The standard InChI is InChI=1S/C12H12F3O/c1-2-16-9-3-4-10-5-7-11(8-6-10)12(13,14)15/h3-8H,1-2,9H2. The van der Waals surface area contributed by atoms with Gasteiger partial charge in [0, 0.05) is 6.61 Å². The summed E-state index contributed by atoms with van der Waals surface area (Å²) in [7, 11) is 0. The van der Waals surface area contributed by atoms with Gasteiger partial charge in [-0.05, 0) is 24.6 Å². The van der Waals surface area contributed by atoms with E-state index in [0.717, 1.165) is 12.1 Å². The second-order valence-electron chi connectivity index (χ2n) is 3.10. The molecule has 1 nitrogen and oxygen atoms in total. The van der Waals surface area contributed by atoms with Crippen LogP contribution in [0.25, 0.3) is 6.08 Å². The smallest absolute Gasteiger partial charge is 0.377 e. The van der Waals surface area contributed by atoms with E-state index in [0.29, 0.717) is 18.8 Å². The van der Waals surface area contributed by atoms with Gasteiger partial charge >= 0.3 is 6.18 Å². The van der Waals surface area contributed by atoms with Gasteiger partial charge in [-0.25, -0.2) is 0 Å². The van der Waals surface area contributed by atoms with Crippen molar-refractivity contribution in [3.63, 3.8) is 0 Å². The van der Waals surface area contributed by atoms with Crippen molar-refractivity contribution in [2.45, 2.75) is 6.18 Å². The van der Waals surface area contributed by atoms with Crippen molar-refractivity contribution in [3.8, 4) is 0 Å². The van der Waals surface area contributed by atoms with E-state index in [1.54, 1.807) is 12.2 Å². The lowest BCUT2D eigenvalue weighted by molar-refractivity contribution is -0.137. The van der Waals surface area contributed by atoms with E-state index in [9.17, 15) is 13.2 Å². The minimum atomic E-state index is -4.28. The molecule has 87 valence electrons. The summed E-state index contributed by atoms with van der Waals surface area (Å²) in [5, 5.41) is 0. The van der Waals surface area contributed by atoms with Gasteiger partial charge < -0.3 is 4.74 Å². The maximum Gasteiger partial charge on any atom is 0.416 e. The Morgan fingerprint density at radius 2 is 1.81 bits per heavy atom. The first kappa shape index (κ1) is 12.8. The first-order chi connectivity index (χ1) is 7.54. The van der Waals surface area contributed by atoms with E-state index in [1.165, 1.54) is 12.1 Å². The first-order valence-electron chi connectivity index (χ1n) is 4.75. The fourth-order valence-electron chi connectivity index (χ4n) is 1.12. The molecule has 1 radical (unpaired) electrons. The summed E-state index contributed by atoms with van der Waals surface area (Å²) in [6.07, 6.45) is -0.844. The van der Waals surface area contributed by atoms with E-state index in [-0.39, 0.29) is 0 Å². The second-order valence-corrected chi connectivity index (χ2v) is 3.10. The third kappa shape index (κ3) is 4.06. The number of ether oxygens (including phenoxy) is 1. The summed E-state index contributed by atoms with van der Waals surface area (Å²) in [5.74, 6) is 0. The van der Waals surface area contributed by atoms with Gasteiger partial charge in [-0.2, -0.15) is 13.2 Å². The van der Waals surface area contributed by atoms with Crippen LogP contribution in [0.5, 0.6) is 0 Å². The highest BCUT2D eigenvalue weighted by Crippen LogP contribution is 2.29. The van der Waals surface area contributed by atoms with Gasteiger partial charge in [0.05, 0.1) is 12.2 Å². The molecule has 0 bridgehead atoms. The second kappa shape index (κ2) is 5.70. The van der Waals surface area contributed by atoms with E-state index < -0.39 is 11.7 Å². The van der Waals surface area contributed by atoms with Crippen LogP contribution < -0.4 is 0 Å². The van der Waals surface area contributed by atoms with Gasteiger partial charge in [0.25, 0.3) is 0 Å². The Morgan fingerprint density at radius 1 is 1.19 bits per heavy atom. The summed E-state index contributed by atoms with van der Waals surface area (Å²) >= 11 is 0. The summed E-state index contributed by atoms with van der Waals surface area (Å²) in [6, 6.07) is 4.96. The molecule has 1 rings (SSSR count). The molecule has 0 amide bonds. The molecule has 0 saturated heterocycles. The molecule has 0 aromatic heterocycles. The Morgan fingerprint density at radius 3 is 2.31 bits per heavy atom. The molecular weight excluding hydrogens is 217 g/mol. The van der Waals surface area contributed by atoms with Gasteiger partial charge in [-0.1, -0.05) is 24.3 Å². The van der Waals surface area contributed by atoms with Crippen LogP contribution in [0.2, 0.25) is 0 Å². The average molecular weight is 229 g/mol. The van der Waals surface area contributed by atoms with E-state index in [2.05, 4.69) is 6.92 Å². The molecule has 1 aromatic carbocycles. The molecule has 4 heteroatoms. The van der Waals surface area contributed by atoms with Crippen molar-refractivity contribution in [3.05, 3.63) is 48.4 Å². The lowest BCUT2D eigenvalue weighted by atomic mass is 10.1. The highest BCUT2D eigenvalue weighted by Gasteiger charge is 2.29. The highest BCUT2D eigenvalue weighted by atomic mass is 19.4. The molecule has 0 aliphatic carbocycles. The SMILES string of the molecule is [CH2]COCC=Cc1ccc(C(F)(F)F)cc1. The van der Waals surface area contributed by atoms with Crippen molar-refractivity contribution in [2.75, 3.05) is 13.2 Å². The van der Waals surface area contributed by atoms with Gasteiger partial charge in [-0.15, -0.1) is 0 Å². The normalized spacial score (nSPS) is 12.2. The van der Waals surface area contributed by atoms with Gasteiger partial charge in [0.1, 0.15) is 0 Å². The number of hydrogen-bond donors (Lipinski definition) is 0. The number of hydrogen-bond acceptors (Lipinski definition) is 1. The summed E-state index contributed by atoms with van der Waals surface area (Å²) in [5.41, 5.74) is 0.0688. The molecule has 0 aliphatic rings. The van der Waals surface area contributed by atoms with E-state index >= 15 is 0 Å². The Balaban J connectivity index is 2.61. The fourth-order valence-corrected chi connectivity index (χ4v) is 1.12. The van der Waals surface area contributed by atoms with Crippen LogP contribution in [-0.2, 0) is 10.9 Å². The third-order valence-electron chi connectivity index (χ3n) is 1.91. The van der Waals surface area contributed by atoms with Crippen molar-refractivity contribution >= 4 is 6.08 Å². The fraction of sp³-hybridized carbons (Fsp3) is 0.250. The Labute approximate surface area is 92.5 Å². The number of benzene rings is 1. The molecule has 0 heterocycles. The maximum atomic E-state index is 12.2. The minimum absolute atomic E-state index is 0.372. The first-order valence-corrected chi connectivity index (χ1v) is 4.75. The molecule has 0 N–H and O–H groups in total. The van der Waals surface area contributed by atoms with Gasteiger partial charge in [0.2, 0.25) is 0 Å². The topological polar surface area (TPSA) is 9.23 Å². The van der Waals surface area contributed by atoms with Crippen LogP contribution in [-0.4, -0.2) is 13.2 Å². The predicted octanol–water partition coefficient (Wildman–Crippen LogP) is 3.57. The third-order valence-corrected chi connectivity index (χ3v) is 1.91. The van der Waals surface area contributed by atoms with Crippen molar-refractivity contribution in [1.29, 1.82) is 0 Å². The molecule has 0 atom stereocenters. The number of rotatable bonds is 4. The zero-order valence-corrected chi connectivity index (χ0v) is 8.63. The molecule has 0 saturated carbocycles. The lowest BCUT2D eigenvalue weighted by Crippen LogP contribution is -2.03. The largest absolute Gasteiger partial charge is 0.416 e. The highest BCUT2D eigenvalue weighted by molar-refractivity contribution is 5.49. The van der Waals surface area contributed by atoms with Crippen LogP contribution in [0.1, 0.15) is 11.1 Å². The molecule has 0 fully saturated rings. The zero-order chi connectivity index (χ0) is 12.0. The van der Waals surface area contributed by atoms with Crippen LogP contribution in [0.3, 0.4) is 0 Å². The molecule has 16 heavy (non-hydrogen) atoms. The molecular formula is C12H12F3O. The van der Waals surface area contributed by atoms with Crippen LogP contribution in [0.15, 0.2) is 30.3 Å². The quantitative estimate of drug-likeness (QED) is 0.717. The summed E-state index contributed by atoms with van der Waals surface area (Å²) < 4.78 is 41.6. The molecule has 1 aromatic rings. The Kier molecular flexibility index (Phi) is 4.55. The summed E-state index contributed by atoms with van der Waals surface area (Å²) in [4.78, 5) is 0. The number of alkyl halides is 3. The maximum absolute atomic E-state index is 12.2. The zero-order valence-electron chi connectivity index (χ0n) is 8.63. The van der Waals surface area contributed by atoms with Crippen LogP contribution in [0.4, 0.5) is 13.2 Å². The lowest BCUT2D eigenvalue weighted by Gasteiger charge is -2.05. The van der Waals surface area contributed by atoms with Crippen molar-refractivity contribution in [1.82, 2.24) is 0 Å². The van der Waals surface area contributed by atoms with Crippen molar-refractivity contribution in [2.24, 2.45) is 0 Å². The predicted molar refractivity (Wildman–Crippen MR) is 56.7 cm³/mol. The van der Waals surface area contributed by atoms with Gasteiger partial charge in [0.15, 0.2) is 0 Å².